The van der Waals surface area contributed by atoms with Gasteiger partial charge in [-0.25, -0.2) is 4.39 Å². The Morgan fingerprint density at radius 3 is 2.46 bits per heavy atom. The van der Waals surface area contributed by atoms with Crippen molar-refractivity contribution in [2.45, 2.75) is 25.3 Å². The van der Waals surface area contributed by atoms with E-state index >= 15 is 0 Å². The minimum Gasteiger partial charge on any atom is -0.349 e. The Morgan fingerprint density at radius 2 is 1.79 bits per heavy atom. The molecule has 5 heteroatoms. The molecule has 1 amide bonds. The number of halogens is 1. The molecule has 3 rings (SSSR count). The number of rotatable bonds is 5. The van der Waals surface area contributed by atoms with Gasteiger partial charge in [0.25, 0.3) is 5.91 Å². The Labute approximate surface area is 141 Å². The van der Waals surface area contributed by atoms with Crippen molar-refractivity contribution in [1.29, 1.82) is 0 Å². The first-order valence-corrected chi connectivity index (χ1v) is 8.38. The lowest BCUT2D eigenvalue weighted by Crippen LogP contribution is -2.45. The number of nitrogens with zero attached hydrogens (tertiary/aromatic N) is 2. The number of benzene rings is 1. The average molecular weight is 327 g/mol. The summed E-state index contributed by atoms with van der Waals surface area (Å²) in [5, 5.41) is 3.05. The van der Waals surface area contributed by atoms with Crippen molar-refractivity contribution in [2.24, 2.45) is 0 Å². The van der Waals surface area contributed by atoms with Crippen LogP contribution >= 0.6 is 0 Å². The highest BCUT2D eigenvalue weighted by molar-refractivity contribution is 5.94. The second-order valence-electron chi connectivity index (χ2n) is 6.20. The summed E-state index contributed by atoms with van der Waals surface area (Å²) in [7, 11) is 0. The zero-order valence-electron chi connectivity index (χ0n) is 13.6. The molecule has 0 bridgehead atoms. The second-order valence-corrected chi connectivity index (χ2v) is 6.20. The summed E-state index contributed by atoms with van der Waals surface area (Å²) in [4.78, 5) is 18.6. The van der Waals surface area contributed by atoms with E-state index in [1.807, 2.05) is 12.4 Å². The van der Waals surface area contributed by atoms with Gasteiger partial charge in [0.2, 0.25) is 0 Å². The molecular weight excluding hydrogens is 305 g/mol. The molecule has 0 spiro atoms. The van der Waals surface area contributed by atoms with Crippen molar-refractivity contribution in [3.8, 4) is 0 Å². The summed E-state index contributed by atoms with van der Waals surface area (Å²) in [5.74, 6) is -0.445. The standard InChI is InChI=1S/C19H22FN3O/c20-17-3-1-16(2-4-17)19(24)22-18-8-13-23(14-9-18)12-7-15-5-10-21-11-6-15/h1-6,10-11,18H,7-9,12-14H2,(H,22,24). The van der Waals surface area contributed by atoms with E-state index in [4.69, 9.17) is 0 Å². The molecule has 0 saturated carbocycles. The molecule has 1 saturated heterocycles. The number of likely N-dealkylation sites (tertiary alicyclic amines) is 1. The number of nitrogens with one attached hydrogen (secondary N) is 1. The largest absolute Gasteiger partial charge is 0.349 e. The molecule has 2 aromatic rings. The lowest BCUT2D eigenvalue weighted by atomic mass is 10.0. The zero-order valence-corrected chi connectivity index (χ0v) is 13.6. The first-order valence-electron chi connectivity index (χ1n) is 8.38. The van der Waals surface area contributed by atoms with Crippen molar-refractivity contribution < 1.29 is 9.18 Å². The molecule has 0 radical (unpaired) electrons. The van der Waals surface area contributed by atoms with E-state index in [0.717, 1.165) is 38.9 Å². The molecule has 24 heavy (non-hydrogen) atoms. The summed E-state index contributed by atoms with van der Waals surface area (Å²) in [6.07, 6.45) is 6.57. The number of carbonyl (C=O) groups excluding carboxylic acids is 1. The maximum Gasteiger partial charge on any atom is 0.251 e. The number of piperidine rings is 1. The molecule has 4 nitrogen and oxygen atoms in total. The average Bonchev–Trinajstić information content (AvgIpc) is 2.62. The van der Waals surface area contributed by atoms with E-state index in [2.05, 4.69) is 27.3 Å². The van der Waals surface area contributed by atoms with Crippen LogP contribution in [0.5, 0.6) is 0 Å². The number of amides is 1. The Kier molecular flexibility index (Phi) is 5.54. The molecule has 1 aromatic heterocycles. The summed E-state index contributed by atoms with van der Waals surface area (Å²) in [5.41, 5.74) is 1.81. The summed E-state index contributed by atoms with van der Waals surface area (Å²) in [6.45, 7) is 3.00. The Bertz CT molecular complexity index is 652. The number of aromatic nitrogens is 1. The van der Waals surface area contributed by atoms with Gasteiger partial charge in [-0.05, 0) is 61.2 Å². The quantitative estimate of drug-likeness (QED) is 0.918. The van der Waals surface area contributed by atoms with Gasteiger partial charge in [-0.3, -0.25) is 9.78 Å². The predicted molar refractivity (Wildman–Crippen MR) is 91.3 cm³/mol. The van der Waals surface area contributed by atoms with Crippen molar-refractivity contribution in [1.82, 2.24) is 15.2 Å². The zero-order chi connectivity index (χ0) is 16.8. The van der Waals surface area contributed by atoms with Gasteiger partial charge in [0.1, 0.15) is 5.82 Å². The third-order valence-corrected chi connectivity index (χ3v) is 4.50. The van der Waals surface area contributed by atoms with E-state index in [1.54, 1.807) is 0 Å². The lowest BCUT2D eigenvalue weighted by molar-refractivity contribution is 0.0911. The van der Waals surface area contributed by atoms with Crippen LogP contribution in [-0.4, -0.2) is 41.5 Å². The molecule has 1 aliphatic rings. The highest BCUT2D eigenvalue weighted by Crippen LogP contribution is 2.12. The van der Waals surface area contributed by atoms with Crippen molar-refractivity contribution in [3.05, 3.63) is 65.7 Å². The smallest absolute Gasteiger partial charge is 0.251 e. The molecule has 1 aliphatic heterocycles. The van der Waals surface area contributed by atoms with Gasteiger partial charge in [0, 0.05) is 43.6 Å². The van der Waals surface area contributed by atoms with Crippen LogP contribution in [0.4, 0.5) is 4.39 Å². The molecular formula is C19H22FN3O. The van der Waals surface area contributed by atoms with Gasteiger partial charge >= 0.3 is 0 Å². The first-order chi connectivity index (χ1) is 11.7. The lowest BCUT2D eigenvalue weighted by Gasteiger charge is -2.32. The summed E-state index contributed by atoms with van der Waals surface area (Å²) in [6, 6.07) is 9.97. The van der Waals surface area contributed by atoms with Crippen LogP contribution < -0.4 is 5.32 Å². The van der Waals surface area contributed by atoms with E-state index in [9.17, 15) is 9.18 Å². The van der Waals surface area contributed by atoms with Crippen LogP contribution in [0.3, 0.4) is 0 Å². The molecule has 2 heterocycles. The molecule has 1 N–H and O–H groups in total. The van der Waals surface area contributed by atoms with Crippen LogP contribution in [0.1, 0.15) is 28.8 Å². The fraction of sp³-hybridized carbons (Fsp3) is 0.368. The van der Waals surface area contributed by atoms with Crippen molar-refractivity contribution in [3.63, 3.8) is 0 Å². The van der Waals surface area contributed by atoms with Crippen LogP contribution in [0, 0.1) is 5.82 Å². The Hall–Kier alpha value is -2.27. The minimum absolute atomic E-state index is 0.120. The highest BCUT2D eigenvalue weighted by atomic mass is 19.1. The summed E-state index contributed by atoms with van der Waals surface area (Å²) < 4.78 is 12.9. The van der Waals surface area contributed by atoms with E-state index in [-0.39, 0.29) is 17.8 Å². The molecule has 1 aromatic carbocycles. The van der Waals surface area contributed by atoms with E-state index in [1.165, 1.54) is 29.8 Å². The molecule has 1 fully saturated rings. The van der Waals surface area contributed by atoms with Gasteiger partial charge in [-0.15, -0.1) is 0 Å². The maximum absolute atomic E-state index is 12.9. The van der Waals surface area contributed by atoms with Gasteiger partial charge in [-0.1, -0.05) is 0 Å². The van der Waals surface area contributed by atoms with Crippen LogP contribution in [0.15, 0.2) is 48.8 Å². The first kappa shape index (κ1) is 16.6. The summed E-state index contributed by atoms with van der Waals surface area (Å²) >= 11 is 0. The van der Waals surface area contributed by atoms with Gasteiger partial charge in [0.05, 0.1) is 0 Å². The molecule has 126 valence electrons. The van der Waals surface area contributed by atoms with E-state index < -0.39 is 0 Å². The molecule has 0 aliphatic carbocycles. The monoisotopic (exact) mass is 327 g/mol. The number of carbonyl (C=O) groups is 1. The SMILES string of the molecule is O=C(NC1CCN(CCc2ccncc2)CC1)c1ccc(F)cc1. The topological polar surface area (TPSA) is 45.2 Å². The third-order valence-electron chi connectivity index (χ3n) is 4.50. The Balaban J connectivity index is 1.42. The number of pyridine rings is 1. The highest BCUT2D eigenvalue weighted by Gasteiger charge is 2.20. The fourth-order valence-corrected chi connectivity index (χ4v) is 3.01. The molecule has 0 unspecified atom stereocenters. The normalized spacial score (nSPS) is 16.0. The third kappa shape index (κ3) is 4.61. The van der Waals surface area contributed by atoms with Crippen LogP contribution in [-0.2, 0) is 6.42 Å². The Morgan fingerprint density at radius 1 is 1.12 bits per heavy atom. The minimum atomic E-state index is -0.325. The van der Waals surface area contributed by atoms with Gasteiger partial charge < -0.3 is 10.2 Å². The van der Waals surface area contributed by atoms with Crippen LogP contribution in [0.2, 0.25) is 0 Å². The fourth-order valence-electron chi connectivity index (χ4n) is 3.01. The van der Waals surface area contributed by atoms with Gasteiger partial charge in [-0.2, -0.15) is 0 Å². The predicted octanol–water partition coefficient (Wildman–Crippen LogP) is 2.66. The van der Waals surface area contributed by atoms with Crippen LogP contribution in [0.25, 0.3) is 0 Å². The van der Waals surface area contributed by atoms with Crippen molar-refractivity contribution >= 4 is 5.91 Å². The molecule has 0 atom stereocenters. The number of hydrogen-bond donors (Lipinski definition) is 1. The maximum atomic E-state index is 12.9. The van der Waals surface area contributed by atoms with Crippen molar-refractivity contribution in [2.75, 3.05) is 19.6 Å². The second kappa shape index (κ2) is 8.02. The van der Waals surface area contributed by atoms with E-state index in [0.29, 0.717) is 5.56 Å². The number of hydrogen-bond acceptors (Lipinski definition) is 3. The van der Waals surface area contributed by atoms with Gasteiger partial charge in [0.15, 0.2) is 0 Å².